The summed E-state index contributed by atoms with van der Waals surface area (Å²) in [4.78, 5) is 37.4. The third kappa shape index (κ3) is 3.03. The molecule has 126 valence electrons. The molecule has 0 radical (unpaired) electrons. The molecule has 2 aromatic rings. The van der Waals surface area contributed by atoms with Gasteiger partial charge in [-0.25, -0.2) is 0 Å². The number of benzene rings is 1. The summed E-state index contributed by atoms with van der Waals surface area (Å²) in [6, 6.07) is 8.64. The van der Waals surface area contributed by atoms with Crippen molar-refractivity contribution in [1.29, 1.82) is 0 Å². The molecule has 0 saturated carbocycles. The lowest BCUT2D eigenvalue weighted by Gasteiger charge is -2.34. The minimum absolute atomic E-state index is 0.131. The third-order valence-electron chi connectivity index (χ3n) is 4.39. The maximum atomic E-state index is 12.6. The average molecular weight is 329 g/mol. The smallest absolute Gasteiger partial charge is 0.305 e. The van der Waals surface area contributed by atoms with Gasteiger partial charge in [-0.05, 0) is 17.5 Å². The van der Waals surface area contributed by atoms with Gasteiger partial charge < -0.3 is 15.0 Å². The predicted molar refractivity (Wildman–Crippen MR) is 88.6 cm³/mol. The lowest BCUT2D eigenvalue weighted by Crippen LogP contribution is -2.55. The number of nitrogens with zero attached hydrogens (tertiary/aromatic N) is 2. The second-order valence-electron chi connectivity index (χ2n) is 5.97. The molecule has 1 aromatic carbocycles. The molecule has 7 heteroatoms. The number of carbonyl (C=O) groups excluding carboxylic acids is 1. The van der Waals surface area contributed by atoms with E-state index in [2.05, 4.69) is 5.32 Å². The van der Waals surface area contributed by atoms with Crippen molar-refractivity contribution in [2.24, 2.45) is 7.05 Å². The Morgan fingerprint density at radius 1 is 1.33 bits per heavy atom. The Bertz CT molecular complexity index is 859. The molecule has 1 fully saturated rings. The van der Waals surface area contributed by atoms with E-state index in [0.717, 1.165) is 10.9 Å². The predicted octanol–water partition coefficient (Wildman–Crippen LogP) is 0.314. The fourth-order valence-electron chi connectivity index (χ4n) is 3.16. The topological polar surface area (TPSA) is 91.6 Å². The summed E-state index contributed by atoms with van der Waals surface area (Å²) >= 11 is 0. The monoisotopic (exact) mass is 329 g/mol. The molecule has 1 aliphatic rings. The van der Waals surface area contributed by atoms with E-state index in [1.165, 1.54) is 0 Å². The minimum atomic E-state index is -1.03. The number of aliphatic carboxylic acids is 1. The van der Waals surface area contributed by atoms with Crippen LogP contribution in [0.15, 0.2) is 35.1 Å². The van der Waals surface area contributed by atoms with Gasteiger partial charge in [-0.3, -0.25) is 19.3 Å². The summed E-state index contributed by atoms with van der Waals surface area (Å²) in [6.45, 7) is 1.21. The van der Waals surface area contributed by atoms with Crippen molar-refractivity contribution in [3.8, 4) is 0 Å². The second-order valence-corrected chi connectivity index (χ2v) is 5.97. The molecule has 1 amide bonds. The lowest BCUT2D eigenvalue weighted by molar-refractivity contribution is -0.143. The molecule has 1 saturated heterocycles. The van der Waals surface area contributed by atoms with E-state index in [0.29, 0.717) is 18.7 Å². The molecule has 0 aliphatic carbocycles. The summed E-state index contributed by atoms with van der Waals surface area (Å²) in [5.74, 6) is -1.34. The van der Waals surface area contributed by atoms with Gasteiger partial charge >= 0.3 is 5.97 Å². The molecule has 1 aliphatic heterocycles. The Hall–Kier alpha value is -2.67. The number of fused-ring (bicyclic) bond motifs is 1. The van der Waals surface area contributed by atoms with Crippen molar-refractivity contribution in [1.82, 2.24) is 14.8 Å². The van der Waals surface area contributed by atoms with Gasteiger partial charge in [-0.2, -0.15) is 0 Å². The average Bonchev–Trinajstić information content (AvgIpc) is 2.55. The number of amides is 1. The zero-order chi connectivity index (χ0) is 17.3. The molecular formula is C17H19N3O4. The first-order valence-electron chi connectivity index (χ1n) is 7.78. The fourth-order valence-corrected chi connectivity index (χ4v) is 3.16. The van der Waals surface area contributed by atoms with Crippen LogP contribution in [0.2, 0.25) is 0 Å². The number of nitrogens with one attached hydrogen (secondary N) is 1. The molecule has 2 N–H and O–H groups in total. The van der Waals surface area contributed by atoms with E-state index >= 15 is 0 Å². The first-order valence-corrected chi connectivity index (χ1v) is 7.78. The van der Waals surface area contributed by atoms with Gasteiger partial charge in [0.25, 0.3) is 5.56 Å². The van der Waals surface area contributed by atoms with Crippen LogP contribution in [0, 0.1) is 0 Å². The maximum absolute atomic E-state index is 12.6. The quantitative estimate of drug-likeness (QED) is 0.842. The molecule has 0 spiro atoms. The van der Waals surface area contributed by atoms with Crippen LogP contribution >= 0.6 is 0 Å². The SMILES string of the molecule is Cn1c(=O)c(CN2CCNC(=O)C2CC(=O)O)cc2ccccc21. The van der Waals surface area contributed by atoms with Gasteiger partial charge in [-0.1, -0.05) is 18.2 Å². The molecule has 7 nitrogen and oxygen atoms in total. The van der Waals surface area contributed by atoms with Crippen LogP contribution < -0.4 is 10.9 Å². The van der Waals surface area contributed by atoms with Crippen LogP contribution in [0.3, 0.4) is 0 Å². The van der Waals surface area contributed by atoms with Gasteiger partial charge in [0.15, 0.2) is 0 Å². The van der Waals surface area contributed by atoms with Gasteiger partial charge in [0.2, 0.25) is 5.91 Å². The molecule has 0 bridgehead atoms. The van der Waals surface area contributed by atoms with Crippen LogP contribution in [0.5, 0.6) is 0 Å². The van der Waals surface area contributed by atoms with Crippen molar-refractivity contribution in [2.45, 2.75) is 19.0 Å². The molecule has 2 heterocycles. The first kappa shape index (κ1) is 16.2. The van der Waals surface area contributed by atoms with Crippen molar-refractivity contribution in [3.63, 3.8) is 0 Å². The Morgan fingerprint density at radius 3 is 2.83 bits per heavy atom. The Labute approximate surface area is 138 Å². The Morgan fingerprint density at radius 2 is 2.08 bits per heavy atom. The number of hydrogen-bond donors (Lipinski definition) is 2. The number of para-hydroxylation sites is 1. The molecule has 3 rings (SSSR count). The van der Waals surface area contributed by atoms with E-state index < -0.39 is 12.0 Å². The van der Waals surface area contributed by atoms with Gasteiger partial charge in [0, 0.05) is 32.2 Å². The van der Waals surface area contributed by atoms with E-state index in [1.807, 2.05) is 30.3 Å². The summed E-state index contributed by atoms with van der Waals surface area (Å²) in [5.41, 5.74) is 1.26. The highest BCUT2D eigenvalue weighted by molar-refractivity contribution is 5.86. The summed E-state index contributed by atoms with van der Waals surface area (Å²) < 4.78 is 1.58. The van der Waals surface area contributed by atoms with E-state index in [9.17, 15) is 14.4 Å². The highest BCUT2D eigenvalue weighted by atomic mass is 16.4. The number of pyridine rings is 1. The number of carboxylic acid groups (broad SMARTS) is 1. The second kappa shape index (κ2) is 6.45. The van der Waals surface area contributed by atoms with E-state index in [4.69, 9.17) is 5.11 Å². The molecular weight excluding hydrogens is 310 g/mol. The van der Waals surface area contributed by atoms with Crippen LogP contribution in [-0.2, 0) is 23.2 Å². The van der Waals surface area contributed by atoms with Crippen LogP contribution in [0.25, 0.3) is 10.9 Å². The number of carboxylic acids is 1. The number of carbonyl (C=O) groups is 2. The number of aromatic nitrogens is 1. The van der Waals surface area contributed by atoms with Crippen molar-refractivity contribution in [3.05, 3.63) is 46.2 Å². The number of piperazine rings is 1. The standard InChI is InChI=1S/C17H19N3O4/c1-19-13-5-3-2-4-11(13)8-12(17(19)24)10-20-7-6-18-16(23)14(20)9-15(21)22/h2-5,8,14H,6-7,9-10H2,1H3,(H,18,23)(H,21,22). The number of rotatable bonds is 4. The lowest BCUT2D eigenvalue weighted by atomic mass is 10.1. The van der Waals surface area contributed by atoms with Crippen molar-refractivity contribution < 1.29 is 14.7 Å². The van der Waals surface area contributed by atoms with Gasteiger partial charge in [0.05, 0.1) is 11.9 Å². The van der Waals surface area contributed by atoms with Crippen molar-refractivity contribution in [2.75, 3.05) is 13.1 Å². The van der Waals surface area contributed by atoms with Crippen LogP contribution in [0.4, 0.5) is 0 Å². The van der Waals surface area contributed by atoms with E-state index in [-0.39, 0.29) is 24.4 Å². The normalized spacial score (nSPS) is 18.5. The largest absolute Gasteiger partial charge is 0.481 e. The van der Waals surface area contributed by atoms with E-state index in [1.54, 1.807) is 16.5 Å². The number of hydrogen-bond acceptors (Lipinski definition) is 4. The van der Waals surface area contributed by atoms with Gasteiger partial charge in [-0.15, -0.1) is 0 Å². The summed E-state index contributed by atoms with van der Waals surface area (Å²) in [7, 11) is 1.71. The van der Waals surface area contributed by atoms with Crippen molar-refractivity contribution >= 4 is 22.8 Å². The molecule has 1 atom stereocenters. The van der Waals surface area contributed by atoms with Crippen LogP contribution in [0.1, 0.15) is 12.0 Å². The summed E-state index contributed by atoms with van der Waals surface area (Å²) in [6.07, 6.45) is -0.278. The maximum Gasteiger partial charge on any atom is 0.305 e. The fraction of sp³-hybridized carbons (Fsp3) is 0.353. The molecule has 1 unspecified atom stereocenters. The zero-order valence-corrected chi connectivity index (χ0v) is 13.4. The van der Waals surface area contributed by atoms with Gasteiger partial charge in [0.1, 0.15) is 6.04 Å². The Kier molecular flexibility index (Phi) is 4.35. The molecule has 1 aromatic heterocycles. The van der Waals surface area contributed by atoms with Crippen LogP contribution in [-0.4, -0.2) is 45.6 Å². The zero-order valence-electron chi connectivity index (χ0n) is 13.4. The minimum Gasteiger partial charge on any atom is -0.481 e. The first-order chi connectivity index (χ1) is 11.5. The highest BCUT2D eigenvalue weighted by Crippen LogP contribution is 2.16. The highest BCUT2D eigenvalue weighted by Gasteiger charge is 2.32. The Balaban J connectivity index is 1.96. The number of aryl methyl sites for hydroxylation is 1. The molecule has 24 heavy (non-hydrogen) atoms. The summed E-state index contributed by atoms with van der Waals surface area (Å²) in [5, 5.41) is 12.7. The third-order valence-corrected chi connectivity index (χ3v) is 4.39.